The number of hydrogen-bond donors (Lipinski definition) is 0. The summed E-state index contributed by atoms with van der Waals surface area (Å²) in [6.07, 6.45) is 66.3. The minimum absolute atomic E-state index is 0.0862. The largest absolute Gasteiger partial charge is 0.462 e. The molecule has 0 spiro atoms. The van der Waals surface area contributed by atoms with E-state index in [0.717, 1.165) is 103 Å². The van der Waals surface area contributed by atoms with Crippen molar-refractivity contribution in [2.75, 3.05) is 13.2 Å². The number of ether oxygens (including phenoxy) is 3. The standard InChI is InChI=1S/C59H104O6/c1-4-7-10-13-16-19-22-25-28-30-32-34-37-40-43-46-49-52-58(61)64-55-56(54-63-57(60)51-48-45-42-39-36-33-27-24-21-18-15-12-9-6-3)65-59(62)53-50-47-44-41-38-35-31-29-26-23-20-17-14-11-8-5-2/h16,19-20,23-25,27-29,31,56H,4-15,17-18,21-22,26,30,32-55H2,1-3H3/b19-16-,23-20-,27-24-,28-25-,31-29-. The van der Waals surface area contributed by atoms with E-state index in [2.05, 4.69) is 81.5 Å². The molecule has 1 unspecified atom stereocenters. The lowest BCUT2D eigenvalue weighted by molar-refractivity contribution is -0.167. The van der Waals surface area contributed by atoms with E-state index in [1.807, 2.05) is 0 Å². The van der Waals surface area contributed by atoms with Crippen LogP contribution in [0.25, 0.3) is 0 Å². The molecule has 0 fully saturated rings. The van der Waals surface area contributed by atoms with Crippen LogP contribution in [0, 0.1) is 0 Å². The van der Waals surface area contributed by atoms with Gasteiger partial charge < -0.3 is 14.2 Å². The van der Waals surface area contributed by atoms with Crippen molar-refractivity contribution < 1.29 is 28.6 Å². The Morgan fingerprint density at radius 3 is 0.908 bits per heavy atom. The molecule has 0 aromatic carbocycles. The van der Waals surface area contributed by atoms with Gasteiger partial charge in [-0.15, -0.1) is 0 Å². The zero-order chi connectivity index (χ0) is 47.2. The third kappa shape index (κ3) is 51.9. The number of unbranched alkanes of at least 4 members (excludes halogenated alkanes) is 29. The highest BCUT2D eigenvalue weighted by molar-refractivity contribution is 5.71. The molecular formula is C59H104O6. The smallest absolute Gasteiger partial charge is 0.306 e. The van der Waals surface area contributed by atoms with Crippen LogP contribution in [0.4, 0.5) is 0 Å². The van der Waals surface area contributed by atoms with Gasteiger partial charge in [0.1, 0.15) is 13.2 Å². The maximum Gasteiger partial charge on any atom is 0.306 e. The molecule has 0 N–H and O–H groups in total. The Bertz CT molecular complexity index is 1180. The first-order valence-corrected chi connectivity index (χ1v) is 27.8. The van der Waals surface area contributed by atoms with Gasteiger partial charge in [0.15, 0.2) is 6.10 Å². The second-order valence-corrected chi connectivity index (χ2v) is 18.5. The number of allylic oxidation sites excluding steroid dienone is 10. The van der Waals surface area contributed by atoms with Crippen LogP contribution < -0.4 is 0 Å². The lowest BCUT2D eigenvalue weighted by Crippen LogP contribution is -2.30. The van der Waals surface area contributed by atoms with E-state index in [9.17, 15) is 14.4 Å². The molecule has 0 saturated carbocycles. The van der Waals surface area contributed by atoms with Crippen molar-refractivity contribution in [3.05, 3.63) is 60.8 Å². The molecule has 0 radical (unpaired) electrons. The van der Waals surface area contributed by atoms with Crippen molar-refractivity contribution in [3.8, 4) is 0 Å². The van der Waals surface area contributed by atoms with Gasteiger partial charge in [-0.1, -0.05) is 210 Å². The summed E-state index contributed by atoms with van der Waals surface area (Å²) in [7, 11) is 0. The van der Waals surface area contributed by atoms with Gasteiger partial charge in [-0.2, -0.15) is 0 Å². The van der Waals surface area contributed by atoms with Crippen molar-refractivity contribution in [1.29, 1.82) is 0 Å². The number of carbonyl (C=O) groups excluding carboxylic acids is 3. The van der Waals surface area contributed by atoms with Crippen LogP contribution in [0.2, 0.25) is 0 Å². The van der Waals surface area contributed by atoms with E-state index in [1.54, 1.807) is 0 Å². The number of rotatable bonds is 50. The maximum absolute atomic E-state index is 12.8. The minimum Gasteiger partial charge on any atom is -0.462 e. The van der Waals surface area contributed by atoms with Gasteiger partial charge in [0, 0.05) is 19.3 Å². The molecule has 0 amide bonds. The van der Waals surface area contributed by atoms with Gasteiger partial charge in [0.05, 0.1) is 0 Å². The molecule has 0 aliphatic heterocycles. The summed E-state index contributed by atoms with van der Waals surface area (Å²) in [5.74, 6) is -0.908. The number of hydrogen-bond acceptors (Lipinski definition) is 6. The highest BCUT2D eigenvalue weighted by Crippen LogP contribution is 2.14. The van der Waals surface area contributed by atoms with Gasteiger partial charge in [0.2, 0.25) is 0 Å². The second kappa shape index (κ2) is 53.7. The van der Waals surface area contributed by atoms with Crippen molar-refractivity contribution in [2.45, 2.75) is 284 Å². The molecular weight excluding hydrogens is 805 g/mol. The summed E-state index contributed by atoms with van der Waals surface area (Å²) in [5, 5.41) is 0. The first-order valence-electron chi connectivity index (χ1n) is 27.8. The molecule has 65 heavy (non-hydrogen) atoms. The molecule has 376 valence electrons. The van der Waals surface area contributed by atoms with E-state index in [0.29, 0.717) is 19.3 Å². The van der Waals surface area contributed by atoms with Crippen LogP contribution in [0.5, 0.6) is 0 Å². The van der Waals surface area contributed by atoms with Crippen LogP contribution in [-0.2, 0) is 28.6 Å². The Morgan fingerprint density at radius 2 is 0.554 bits per heavy atom. The molecule has 0 aromatic heterocycles. The number of esters is 3. The fourth-order valence-corrected chi connectivity index (χ4v) is 7.73. The highest BCUT2D eigenvalue weighted by atomic mass is 16.6. The normalized spacial score (nSPS) is 12.5. The monoisotopic (exact) mass is 909 g/mol. The quantitative estimate of drug-likeness (QED) is 0.0262. The minimum atomic E-state index is -0.788. The second-order valence-electron chi connectivity index (χ2n) is 18.5. The summed E-state index contributed by atoms with van der Waals surface area (Å²) in [5.41, 5.74) is 0. The van der Waals surface area contributed by atoms with Gasteiger partial charge >= 0.3 is 17.9 Å². The Morgan fingerprint density at radius 1 is 0.308 bits per heavy atom. The lowest BCUT2D eigenvalue weighted by atomic mass is 10.1. The van der Waals surface area contributed by atoms with Crippen LogP contribution >= 0.6 is 0 Å². The van der Waals surface area contributed by atoms with Gasteiger partial charge in [-0.3, -0.25) is 14.4 Å². The van der Waals surface area contributed by atoms with E-state index in [1.165, 1.54) is 135 Å². The van der Waals surface area contributed by atoms with Gasteiger partial charge in [-0.05, 0) is 109 Å². The topological polar surface area (TPSA) is 78.9 Å². The third-order valence-electron chi connectivity index (χ3n) is 12.0. The predicted molar refractivity (Wildman–Crippen MR) is 279 cm³/mol. The Balaban J connectivity index is 4.42. The van der Waals surface area contributed by atoms with E-state index >= 15 is 0 Å². The van der Waals surface area contributed by atoms with Crippen LogP contribution in [0.15, 0.2) is 60.8 Å². The van der Waals surface area contributed by atoms with Gasteiger partial charge in [0.25, 0.3) is 0 Å². The third-order valence-corrected chi connectivity index (χ3v) is 12.0. The zero-order valence-corrected chi connectivity index (χ0v) is 43.0. The molecule has 0 aliphatic carbocycles. The van der Waals surface area contributed by atoms with Crippen molar-refractivity contribution in [1.82, 2.24) is 0 Å². The van der Waals surface area contributed by atoms with E-state index in [4.69, 9.17) is 14.2 Å². The summed E-state index contributed by atoms with van der Waals surface area (Å²) < 4.78 is 16.8. The van der Waals surface area contributed by atoms with E-state index < -0.39 is 6.10 Å². The molecule has 0 heterocycles. The fourth-order valence-electron chi connectivity index (χ4n) is 7.73. The lowest BCUT2D eigenvalue weighted by Gasteiger charge is -2.18. The van der Waals surface area contributed by atoms with Crippen LogP contribution in [0.1, 0.15) is 278 Å². The Labute approximate surface area is 402 Å². The van der Waals surface area contributed by atoms with Crippen molar-refractivity contribution in [2.24, 2.45) is 0 Å². The summed E-state index contributed by atoms with van der Waals surface area (Å²) >= 11 is 0. The fraction of sp³-hybridized carbons (Fsp3) is 0.780. The zero-order valence-electron chi connectivity index (χ0n) is 43.0. The first kappa shape index (κ1) is 62.1. The number of carbonyl (C=O) groups is 3. The molecule has 0 saturated heterocycles. The van der Waals surface area contributed by atoms with Crippen LogP contribution in [-0.4, -0.2) is 37.2 Å². The molecule has 0 rings (SSSR count). The average Bonchev–Trinajstić information content (AvgIpc) is 3.30. The molecule has 0 bridgehead atoms. The van der Waals surface area contributed by atoms with Crippen molar-refractivity contribution in [3.63, 3.8) is 0 Å². The molecule has 1 atom stereocenters. The molecule has 6 nitrogen and oxygen atoms in total. The molecule has 6 heteroatoms. The SMILES string of the molecule is CCCCC/C=C\C/C=C\CCCCCCCCCC(=O)OCC(COC(=O)CCCCCCC/C=C\CCCCCCC)OC(=O)CCCCCCC/C=C\C/C=C\CCCCCC. The highest BCUT2D eigenvalue weighted by Gasteiger charge is 2.19. The Kier molecular flexibility index (Phi) is 51.3. The molecule has 0 aromatic rings. The first-order chi connectivity index (χ1) is 32.0. The van der Waals surface area contributed by atoms with Gasteiger partial charge in [-0.25, -0.2) is 0 Å². The summed E-state index contributed by atoms with van der Waals surface area (Å²) in [4.78, 5) is 38.1. The maximum atomic E-state index is 12.8. The average molecular weight is 909 g/mol. The van der Waals surface area contributed by atoms with E-state index in [-0.39, 0.29) is 31.1 Å². The van der Waals surface area contributed by atoms with Crippen LogP contribution in [0.3, 0.4) is 0 Å². The summed E-state index contributed by atoms with van der Waals surface area (Å²) in [6.45, 7) is 6.58. The molecule has 0 aliphatic rings. The Hall–Kier alpha value is -2.89. The van der Waals surface area contributed by atoms with Crippen molar-refractivity contribution >= 4 is 17.9 Å². The summed E-state index contributed by atoms with van der Waals surface area (Å²) in [6, 6.07) is 0. The predicted octanol–water partition coefficient (Wildman–Crippen LogP) is 18.4.